The summed E-state index contributed by atoms with van der Waals surface area (Å²) in [7, 11) is 0. The van der Waals surface area contributed by atoms with Crippen molar-refractivity contribution in [2.24, 2.45) is 5.10 Å². The molecule has 4 nitrogen and oxygen atoms in total. The lowest BCUT2D eigenvalue weighted by Gasteiger charge is -2.07. The van der Waals surface area contributed by atoms with Gasteiger partial charge in [-0.2, -0.15) is 9.78 Å². The number of hydrogen-bond acceptors (Lipinski definition) is 3. The highest BCUT2D eigenvalue weighted by atomic mass is 127. The number of benzene rings is 2. The molecule has 3 rings (SSSR count). The monoisotopic (exact) mass is 481 g/mol. The molecule has 0 aliphatic rings. The van der Waals surface area contributed by atoms with Crippen LogP contribution in [0.25, 0.3) is 10.9 Å². The van der Waals surface area contributed by atoms with Crippen LogP contribution in [-0.2, 0) is 6.42 Å². The maximum atomic E-state index is 12.7. The zero-order chi connectivity index (χ0) is 16.4. The molecule has 0 aliphatic heterocycles. The first-order chi connectivity index (χ1) is 11.1. The number of aromatic nitrogens is 2. The van der Waals surface area contributed by atoms with Crippen LogP contribution in [0.15, 0.2) is 56.8 Å². The molecule has 0 radical (unpaired) electrons. The molecule has 6 heteroatoms. The number of hydrogen-bond donors (Lipinski definition) is 0. The van der Waals surface area contributed by atoms with Crippen LogP contribution in [0.5, 0.6) is 0 Å². The van der Waals surface area contributed by atoms with Gasteiger partial charge < -0.3 is 0 Å². The van der Waals surface area contributed by atoms with Gasteiger partial charge in [0.2, 0.25) is 0 Å². The van der Waals surface area contributed by atoms with Gasteiger partial charge in [-0.25, -0.2) is 4.98 Å². The highest BCUT2D eigenvalue weighted by Crippen LogP contribution is 2.16. The van der Waals surface area contributed by atoms with Crippen molar-refractivity contribution in [1.29, 1.82) is 0 Å². The van der Waals surface area contributed by atoms with Crippen LogP contribution in [0.2, 0.25) is 0 Å². The lowest BCUT2D eigenvalue weighted by Crippen LogP contribution is -2.22. The number of fused-ring (bicyclic) bond motifs is 1. The number of halogens is 2. The van der Waals surface area contributed by atoms with Gasteiger partial charge in [0.25, 0.3) is 5.56 Å². The predicted octanol–water partition coefficient (Wildman–Crippen LogP) is 4.21. The Balaban J connectivity index is 2.13. The van der Waals surface area contributed by atoms with Crippen molar-refractivity contribution in [1.82, 2.24) is 9.66 Å². The first-order valence-electron chi connectivity index (χ1n) is 7.09. The molecule has 23 heavy (non-hydrogen) atoms. The summed E-state index contributed by atoms with van der Waals surface area (Å²) in [6, 6.07) is 13.4. The minimum absolute atomic E-state index is 0.157. The van der Waals surface area contributed by atoms with Crippen molar-refractivity contribution < 1.29 is 0 Å². The molecule has 1 aromatic heterocycles. The van der Waals surface area contributed by atoms with E-state index in [1.54, 1.807) is 12.3 Å². The molecule has 116 valence electrons. The topological polar surface area (TPSA) is 47.2 Å². The van der Waals surface area contributed by atoms with E-state index < -0.39 is 0 Å². The summed E-state index contributed by atoms with van der Waals surface area (Å²) in [6.45, 7) is 1.96. The molecule has 2 aromatic carbocycles. The van der Waals surface area contributed by atoms with E-state index in [4.69, 9.17) is 0 Å². The van der Waals surface area contributed by atoms with Gasteiger partial charge in [0, 0.05) is 14.5 Å². The van der Waals surface area contributed by atoms with Crippen LogP contribution in [0.4, 0.5) is 0 Å². The average Bonchev–Trinajstić information content (AvgIpc) is 2.56. The SMILES string of the molecule is CCc1nc2ccc(Br)cc2c(=O)n1N=Cc1ccc(I)cc1. The second kappa shape index (κ2) is 6.92. The van der Waals surface area contributed by atoms with Crippen molar-refractivity contribution >= 4 is 55.6 Å². The van der Waals surface area contributed by atoms with Crippen LogP contribution in [-0.4, -0.2) is 15.9 Å². The highest BCUT2D eigenvalue weighted by molar-refractivity contribution is 14.1. The molecule has 0 fully saturated rings. The quantitative estimate of drug-likeness (QED) is 0.415. The molecule has 0 N–H and O–H groups in total. The summed E-state index contributed by atoms with van der Waals surface area (Å²) >= 11 is 5.65. The van der Waals surface area contributed by atoms with E-state index in [0.29, 0.717) is 23.1 Å². The van der Waals surface area contributed by atoms with Crippen molar-refractivity contribution in [3.8, 4) is 0 Å². The fourth-order valence-electron chi connectivity index (χ4n) is 2.22. The first kappa shape index (κ1) is 16.3. The molecule has 1 heterocycles. The predicted molar refractivity (Wildman–Crippen MR) is 105 cm³/mol. The molecule has 0 saturated heterocycles. The molecule has 0 amide bonds. The Bertz CT molecular complexity index is 948. The Kier molecular flexibility index (Phi) is 4.91. The summed E-state index contributed by atoms with van der Waals surface area (Å²) in [6.07, 6.45) is 2.31. The molecule has 0 saturated carbocycles. The number of aryl methyl sites for hydroxylation is 1. The summed E-state index contributed by atoms with van der Waals surface area (Å²) in [5, 5.41) is 4.91. The van der Waals surface area contributed by atoms with Crippen molar-refractivity contribution in [3.05, 3.63) is 72.2 Å². The Morgan fingerprint density at radius 3 is 2.70 bits per heavy atom. The lowest BCUT2D eigenvalue weighted by molar-refractivity contribution is 0.734. The van der Waals surface area contributed by atoms with Gasteiger partial charge in [-0.1, -0.05) is 35.0 Å². The van der Waals surface area contributed by atoms with Crippen molar-refractivity contribution in [2.45, 2.75) is 13.3 Å². The summed E-state index contributed by atoms with van der Waals surface area (Å²) in [5.74, 6) is 0.645. The Labute approximate surface area is 155 Å². The first-order valence-corrected chi connectivity index (χ1v) is 8.97. The minimum atomic E-state index is -0.157. The third-order valence-corrected chi connectivity index (χ3v) is 4.60. The standard InChI is InChI=1S/C17H13BrIN3O/c1-2-16-21-15-8-5-12(18)9-14(15)17(23)22(16)20-10-11-3-6-13(19)7-4-11/h3-10H,2H2,1H3. The van der Waals surface area contributed by atoms with Crippen LogP contribution in [0, 0.1) is 3.57 Å². The third-order valence-electron chi connectivity index (χ3n) is 3.38. The maximum absolute atomic E-state index is 12.7. The number of nitrogens with zero attached hydrogens (tertiary/aromatic N) is 3. The second-order valence-electron chi connectivity index (χ2n) is 4.96. The van der Waals surface area contributed by atoms with E-state index in [1.165, 1.54) is 4.68 Å². The minimum Gasteiger partial charge on any atom is -0.267 e. The summed E-state index contributed by atoms with van der Waals surface area (Å²) in [5.41, 5.74) is 1.47. The highest BCUT2D eigenvalue weighted by Gasteiger charge is 2.09. The molecule has 0 bridgehead atoms. The average molecular weight is 482 g/mol. The van der Waals surface area contributed by atoms with Crippen LogP contribution >= 0.6 is 38.5 Å². The van der Waals surface area contributed by atoms with E-state index in [2.05, 4.69) is 48.6 Å². The van der Waals surface area contributed by atoms with Crippen molar-refractivity contribution in [2.75, 3.05) is 0 Å². The summed E-state index contributed by atoms with van der Waals surface area (Å²) < 4.78 is 3.39. The van der Waals surface area contributed by atoms with E-state index in [-0.39, 0.29) is 5.56 Å². The van der Waals surface area contributed by atoms with Gasteiger partial charge in [-0.15, -0.1) is 0 Å². The van der Waals surface area contributed by atoms with Crippen LogP contribution in [0.1, 0.15) is 18.3 Å². The Hall–Kier alpha value is -1.54. The third kappa shape index (κ3) is 3.53. The molecule has 3 aromatic rings. The Morgan fingerprint density at radius 1 is 1.26 bits per heavy atom. The van der Waals surface area contributed by atoms with E-state index in [9.17, 15) is 4.79 Å². The van der Waals surface area contributed by atoms with Crippen LogP contribution in [0.3, 0.4) is 0 Å². The molecular weight excluding hydrogens is 469 g/mol. The molecular formula is C17H13BrIN3O. The van der Waals surface area contributed by atoms with E-state index in [0.717, 1.165) is 13.6 Å². The molecule has 0 aliphatic carbocycles. The largest absolute Gasteiger partial charge is 0.282 e. The van der Waals surface area contributed by atoms with Crippen LogP contribution < -0.4 is 5.56 Å². The molecule has 0 spiro atoms. The van der Waals surface area contributed by atoms with E-state index >= 15 is 0 Å². The smallest absolute Gasteiger partial charge is 0.267 e. The van der Waals surface area contributed by atoms with Gasteiger partial charge in [-0.05, 0) is 58.5 Å². The van der Waals surface area contributed by atoms with Gasteiger partial charge in [-0.3, -0.25) is 4.79 Å². The fourth-order valence-corrected chi connectivity index (χ4v) is 2.94. The van der Waals surface area contributed by atoms with Gasteiger partial charge in [0.05, 0.1) is 17.1 Å². The molecule has 0 unspecified atom stereocenters. The van der Waals surface area contributed by atoms with Gasteiger partial charge >= 0.3 is 0 Å². The molecule has 0 atom stereocenters. The van der Waals surface area contributed by atoms with E-state index in [1.807, 2.05) is 43.3 Å². The van der Waals surface area contributed by atoms with Crippen molar-refractivity contribution in [3.63, 3.8) is 0 Å². The number of rotatable bonds is 3. The van der Waals surface area contributed by atoms with Gasteiger partial charge in [0.1, 0.15) is 5.82 Å². The van der Waals surface area contributed by atoms with Gasteiger partial charge in [0.15, 0.2) is 0 Å². The zero-order valence-electron chi connectivity index (χ0n) is 12.3. The summed E-state index contributed by atoms with van der Waals surface area (Å²) in [4.78, 5) is 17.3. The normalized spacial score (nSPS) is 11.4. The maximum Gasteiger partial charge on any atom is 0.282 e. The lowest BCUT2D eigenvalue weighted by atomic mass is 10.2. The fraction of sp³-hybridized carbons (Fsp3) is 0.118. The second-order valence-corrected chi connectivity index (χ2v) is 7.12. The Morgan fingerprint density at radius 2 is 2.00 bits per heavy atom. The zero-order valence-corrected chi connectivity index (χ0v) is 16.1.